The predicted molar refractivity (Wildman–Crippen MR) is 529 cm³/mol. The second-order valence-corrected chi connectivity index (χ2v) is 38.1. The Kier molecular flexibility index (Phi) is 43.6. The fourth-order valence-electron chi connectivity index (χ4n) is 16.0. The minimum Gasteiger partial charge on any atom is -0.496 e. The molecule has 22 heteroatoms. The number of hydrogen-bond donors (Lipinski definition) is 4. The fraction of sp³-hybridized carbons (Fsp3) is 0.413. The summed E-state index contributed by atoms with van der Waals surface area (Å²) in [6.45, 7) is 41.1. The Balaban J connectivity index is 0.000000175. The molecule has 0 saturated carbocycles. The Morgan fingerprint density at radius 2 is 0.847 bits per heavy atom. The molecule has 0 radical (unpaired) electrons. The molecule has 0 bridgehead atoms. The summed E-state index contributed by atoms with van der Waals surface area (Å²) in [5.74, 6) is 3.88. The number of aliphatic hydroxyl groups excluding tert-OH is 4. The zero-order chi connectivity index (χ0) is 94.0. The molecule has 700 valence electrons. The summed E-state index contributed by atoms with van der Waals surface area (Å²) in [4.78, 5) is 35.2. The van der Waals surface area contributed by atoms with E-state index in [4.69, 9.17) is 30.5 Å². The number of aromatic nitrogens is 6. The van der Waals surface area contributed by atoms with Crippen LogP contribution in [-0.4, -0.2) is 152 Å². The normalized spacial score (nSPS) is 15.9. The van der Waals surface area contributed by atoms with E-state index in [1.165, 1.54) is 34.4 Å². The summed E-state index contributed by atoms with van der Waals surface area (Å²) in [5.41, 5.74) is 8.15. The van der Waals surface area contributed by atoms with Gasteiger partial charge in [-0.15, -0.1) is 11.3 Å². The van der Waals surface area contributed by atoms with Gasteiger partial charge in [-0.1, -0.05) is 207 Å². The van der Waals surface area contributed by atoms with E-state index in [1.807, 2.05) is 116 Å². The van der Waals surface area contributed by atoms with Gasteiger partial charge in [0, 0.05) is 62.2 Å². The van der Waals surface area contributed by atoms with Crippen molar-refractivity contribution in [1.82, 2.24) is 49.5 Å². The number of nitrogens with zero attached hydrogens (tertiary/aromatic N) is 10. The first-order valence-corrected chi connectivity index (χ1v) is 47.3. The van der Waals surface area contributed by atoms with Gasteiger partial charge in [-0.2, -0.15) is 9.97 Å². The maximum absolute atomic E-state index is 13.7. The highest BCUT2D eigenvalue weighted by Crippen LogP contribution is 2.38. The first-order chi connectivity index (χ1) is 62.9. The third kappa shape index (κ3) is 39.2. The molecule has 4 unspecified atom stereocenters. The molecule has 0 spiro atoms. The highest BCUT2D eigenvalue weighted by molar-refractivity contribution is 7.10. The van der Waals surface area contributed by atoms with E-state index in [0.717, 1.165) is 170 Å². The number of aliphatic hydroxyl groups is 4. The molecule has 18 nitrogen and oxygen atoms in total. The van der Waals surface area contributed by atoms with E-state index < -0.39 is 24.4 Å². The zero-order valence-corrected chi connectivity index (χ0v) is 80.0. The number of piperidine rings is 4. The Morgan fingerprint density at radius 1 is 0.435 bits per heavy atom. The molecule has 7 aromatic carbocycles. The van der Waals surface area contributed by atoms with Crippen LogP contribution in [0.3, 0.4) is 0 Å². The number of para-hydroxylation sites is 1. The number of halogens is 3. The Labute approximate surface area is 787 Å². The number of rotatable bonds is 27. The van der Waals surface area contributed by atoms with Crippen molar-refractivity contribution in [1.29, 1.82) is 0 Å². The average Bonchev–Trinajstić information content (AvgIpc) is 1.84. The van der Waals surface area contributed by atoms with Crippen LogP contribution in [0.15, 0.2) is 262 Å². The maximum Gasteiger partial charge on any atom is 0.317 e. The van der Waals surface area contributed by atoms with E-state index in [-0.39, 0.29) is 34.4 Å². The molecule has 4 aromatic heterocycles. The average molecular weight is 1820 g/mol. The van der Waals surface area contributed by atoms with Crippen molar-refractivity contribution in [2.24, 2.45) is 23.7 Å². The first-order valence-electron chi connectivity index (χ1n) is 46.0. The molecule has 11 aromatic rings. The number of benzene rings is 7. The van der Waals surface area contributed by atoms with E-state index in [0.29, 0.717) is 70.3 Å². The fourth-order valence-corrected chi connectivity index (χ4v) is 17.2. The van der Waals surface area contributed by atoms with Crippen molar-refractivity contribution in [3.05, 3.63) is 340 Å². The van der Waals surface area contributed by atoms with Crippen LogP contribution in [-0.2, 0) is 32.6 Å². The van der Waals surface area contributed by atoms with Crippen molar-refractivity contribution in [2.75, 3.05) is 59.5 Å². The van der Waals surface area contributed by atoms with Crippen LogP contribution in [0, 0.1) is 35.3 Å². The maximum atomic E-state index is 13.7. The topological polar surface area (TPSA) is 208 Å². The molecule has 8 heterocycles. The van der Waals surface area contributed by atoms with Gasteiger partial charge >= 0.3 is 6.01 Å². The molecule has 4 N–H and O–H groups in total. The minimum atomic E-state index is -0.693. The Bertz CT molecular complexity index is 4920. The lowest BCUT2D eigenvalue weighted by molar-refractivity contribution is 0.0571. The number of methoxy groups -OCH3 is 1. The summed E-state index contributed by atoms with van der Waals surface area (Å²) < 4.78 is 49.3. The van der Waals surface area contributed by atoms with Crippen LogP contribution < -0.4 is 18.9 Å². The van der Waals surface area contributed by atoms with Gasteiger partial charge in [0.2, 0.25) is 11.8 Å². The molecule has 15 rings (SSSR count). The molecule has 4 saturated heterocycles. The van der Waals surface area contributed by atoms with Crippen molar-refractivity contribution >= 4 is 41.2 Å². The van der Waals surface area contributed by atoms with E-state index in [1.54, 1.807) is 104 Å². The van der Waals surface area contributed by atoms with Crippen molar-refractivity contribution in [3.8, 4) is 23.5 Å². The number of likely N-dealkylation sites (tertiary alicyclic amines) is 4. The highest BCUT2D eigenvalue weighted by Gasteiger charge is 2.30. The molecule has 4 aliphatic heterocycles. The largest absolute Gasteiger partial charge is 0.496 e. The summed E-state index contributed by atoms with van der Waals surface area (Å²) in [6, 6.07) is 69.1. The van der Waals surface area contributed by atoms with Gasteiger partial charge in [0.15, 0.2) is 5.82 Å². The molecular formula is C109H139ClF2N10O8S. The molecule has 4 atom stereocenters. The number of ether oxygens (including phenoxy) is 4. The van der Waals surface area contributed by atoms with Crippen molar-refractivity contribution < 1.29 is 48.2 Å². The smallest absolute Gasteiger partial charge is 0.317 e. The summed E-state index contributed by atoms with van der Waals surface area (Å²) in [7, 11) is 1.66. The summed E-state index contributed by atoms with van der Waals surface area (Å²) >= 11 is 7.66. The van der Waals surface area contributed by atoms with Crippen LogP contribution >= 0.6 is 22.9 Å². The quantitative estimate of drug-likeness (QED) is 0.0377. The summed E-state index contributed by atoms with van der Waals surface area (Å²) in [6.07, 6.45) is 20.9. The predicted octanol–water partition coefficient (Wildman–Crippen LogP) is 23.5. The Morgan fingerprint density at radius 3 is 1.28 bits per heavy atom. The van der Waals surface area contributed by atoms with Gasteiger partial charge < -0.3 is 39.4 Å². The molecule has 131 heavy (non-hydrogen) atoms. The van der Waals surface area contributed by atoms with Gasteiger partial charge in [-0.3, -0.25) is 24.6 Å². The van der Waals surface area contributed by atoms with Gasteiger partial charge in [-0.25, -0.2) is 23.7 Å². The monoisotopic (exact) mass is 1820 g/mol. The highest BCUT2D eigenvalue weighted by atomic mass is 35.5. The minimum absolute atomic E-state index is 0.215. The van der Waals surface area contributed by atoms with E-state index in [2.05, 4.69) is 178 Å². The standard InChI is InChI=1S/C21H27NO2.2C20H24FNO.C18H22ClNOS.3C10H14N2O/c1-24-21-10-6-5-9-19(21)20(23)15-17-11-13-22(14-12-17)16-18-7-3-2-4-8-18;21-19-9-5-4-8-18(19)20(23)14-16-10-12-22(13-11-16)15-17-6-2-1-3-7-17;21-19-9-5-4-8-18(19)14-20(23)17-10-12-22(13-11-17)15-16-6-2-1-3-7-16;19-16-8-11-22-18(16)17(21)12-14-6-9-20(10-7-14)13-15-4-2-1-3-5-15;1-5-8-6-11-7-9(12-8)13-10(2,3)4;1-5-8-11-7-6-9(12-8)13-10(2,3)4;1-5-8-6-7-11-9(12-8)13-10(2,3)4/h2-10,17,20,23H,11-16H2,1H3;1-9,16,20,23H,10-15H2;1-9,17,20,23H,10-15H2;1-5,8,11,14,17,21H,6-7,9-10,12-13H2;3*5-7H,1H2,2-4H3. The molecule has 0 aliphatic carbocycles. The van der Waals surface area contributed by atoms with Crippen LogP contribution in [0.4, 0.5) is 8.78 Å². The van der Waals surface area contributed by atoms with Gasteiger partial charge in [-0.05, 0) is 291 Å². The number of hydrogen-bond acceptors (Lipinski definition) is 19. The van der Waals surface area contributed by atoms with Gasteiger partial charge in [0.05, 0.1) is 65.2 Å². The van der Waals surface area contributed by atoms with Crippen LogP contribution in [0.2, 0.25) is 5.02 Å². The van der Waals surface area contributed by atoms with Crippen molar-refractivity contribution in [2.45, 2.75) is 207 Å². The second-order valence-electron chi connectivity index (χ2n) is 36.8. The van der Waals surface area contributed by atoms with E-state index >= 15 is 0 Å². The van der Waals surface area contributed by atoms with Gasteiger partial charge in [0.25, 0.3) is 0 Å². The van der Waals surface area contributed by atoms with Crippen LogP contribution in [0.25, 0.3) is 18.2 Å². The zero-order valence-electron chi connectivity index (χ0n) is 78.5. The van der Waals surface area contributed by atoms with Crippen LogP contribution in [0.1, 0.15) is 212 Å². The third-order valence-corrected chi connectivity index (χ3v) is 24.3. The lowest BCUT2D eigenvalue weighted by Gasteiger charge is -2.34. The molecule has 4 fully saturated rings. The lowest BCUT2D eigenvalue weighted by Crippen LogP contribution is -2.38. The second kappa shape index (κ2) is 54.7. The van der Waals surface area contributed by atoms with Gasteiger partial charge in [0.1, 0.15) is 34.2 Å². The van der Waals surface area contributed by atoms with E-state index in [9.17, 15) is 29.2 Å². The molecule has 0 amide bonds. The third-order valence-electron chi connectivity index (χ3n) is 22.8. The Hall–Kier alpha value is -10.3. The van der Waals surface area contributed by atoms with Crippen molar-refractivity contribution in [3.63, 3.8) is 0 Å². The SMILES string of the molecule is C=Cc1ccnc(OC(C)(C)C)n1.C=Cc1cncc(OC(C)(C)C)n1.C=Cc1nccc(OC(C)(C)C)n1.COc1ccccc1C(O)CC1CCN(Cc2ccccc2)CC1.OC(CC1CCN(Cc2ccccc2)CC1)c1ccccc1F.OC(CC1CCN(Cc2ccccc2)CC1)c1sccc1Cl.OC(Cc1ccccc1F)C1CCN(Cc2ccccc2)CC1. The first kappa shape index (κ1) is 104. The lowest BCUT2D eigenvalue weighted by atomic mass is 9.87. The number of thiophene rings is 1. The van der Waals surface area contributed by atoms with Crippen LogP contribution in [0.5, 0.6) is 23.5 Å². The summed E-state index contributed by atoms with van der Waals surface area (Å²) in [5, 5.41) is 44.3. The molecule has 4 aliphatic rings. The molecular weight excluding hydrogens is 1680 g/mol.